The third-order valence-corrected chi connectivity index (χ3v) is 3.39. The molecule has 110 valence electrons. The van der Waals surface area contributed by atoms with Crippen LogP contribution in [-0.2, 0) is 0 Å². The van der Waals surface area contributed by atoms with Crippen molar-refractivity contribution in [2.24, 2.45) is 0 Å². The fraction of sp³-hybridized carbons (Fsp3) is 0.375. The Morgan fingerprint density at radius 3 is 2.71 bits per heavy atom. The number of aryl methyl sites for hydroxylation is 2. The van der Waals surface area contributed by atoms with E-state index in [-0.39, 0.29) is 6.10 Å². The third kappa shape index (κ3) is 3.07. The van der Waals surface area contributed by atoms with E-state index in [0.29, 0.717) is 13.2 Å². The van der Waals surface area contributed by atoms with E-state index >= 15 is 0 Å². The van der Waals surface area contributed by atoms with Gasteiger partial charge in [0.15, 0.2) is 17.6 Å². The summed E-state index contributed by atoms with van der Waals surface area (Å²) in [5, 5.41) is 0. The lowest BCUT2D eigenvalue weighted by Gasteiger charge is -2.30. The van der Waals surface area contributed by atoms with Gasteiger partial charge >= 0.3 is 0 Å². The van der Waals surface area contributed by atoms with Crippen LogP contribution < -0.4 is 14.4 Å². The molecule has 21 heavy (non-hydrogen) atoms. The summed E-state index contributed by atoms with van der Waals surface area (Å²) in [7, 11) is 2.01. The first-order chi connectivity index (χ1) is 10.1. The van der Waals surface area contributed by atoms with Gasteiger partial charge in [-0.25, -0.2) is 9.97 Å². The maximum atomic E-state index is 5.97. The quantitative estimate of drug-likeness (QED) is 0.866. The molecule has 0 aliphatic carbocycles. The molecule has 1 aromatic carbocycles. The molecule has 0 unspecified atom stereocenters. The monoisotopic (exact) mass is 285 g/mol. The van der Waals surface area contributed by atoms with Gasteiger partial charge in [0.2, 0.25) is 0 Å². The SMILES string of the molecule is Cc1cc(N(C)C[C@@H]2COc3ccccc3O2)nc(C)n1. The van der Waals surface area contributed by atoms with Gasteiger partial charge in [0.05, 0.1) is 6.54 Å². The van der Waals surface area contributed by atoms with Crippen LogP contribution in [0.2, 0.25) is 0 Å². The number of aromatic nitrogens is 2. The molecule has 0 bridgehead atoms. The minimum absolute atomic E-state index is 0.0134. The van der Waals surface area contributed by atoms with Gasteiger partial charge < -0.3 is 14.4 Å². The smallest absolute Gasteiger partial charge is 0.161 e. The molecule has 0 amide bonds. The predicted octanol–water partition coefficient (Wildman–Crippen LogP) is 2.37. The highest BCUT2D eigenvalue weighted by Crippen LogP contribution is 2.31. The van der Waals surface area contributed by atoms with E-state index in [2.05, 4.69) is 14.9 Å². The molecule has 0 saturated heterocycles. The van der Waals surface area contributed by atoms with Crippen LogP contribution in [0.4, 0.5) is 5.82 Å². The van der Waals surface area contributed by atoms with Crippen molar-refractivity contribution >= 4 is 5.82 Å². The average molecular weight is 285 g/mol. The van der Waals surface area contributed by atoms with Gasteiger partial charge in [0, 0.05) is 18.8 Å². The molecule has 1 atom stereocenters. The first-order valence-electron chi connectivity index (χ1n) is 7.04. The Labute approximate surface area is 124 Å². The summed E-state index contributed by atoms with van der Waals surface area (Å²) in [5.41, 5.74) is 0.968. The Kier molecular flexibility index (Phi) is 3.64. The fourth-order valence-electron chi connectivity index (χ4n) is 2.44. The molecule has 2 aromatic rings. The lowest BCUT2D eigenvalue weighted by molar-refractivity contribution is 0.0959. The molecule has 0 fully saturated rings. The van der Waals surface area contributed by atoms with Crippen LogP contribution >= 0.6 is 0 Å². The molecular formula is C16H19N3O2. The van der Waals surface area contributed by atoms with Crippen LogP contribution in [0.15, 0.2) is 30.3 Å². The second kappa shape index (κ2) is 5.60. The second-order valence-corrected chi connectivity index (χ2v) is 5.29. The van der Waals surface area contributed by atoms with Gasteiger partial charge in [0.25, 0.3) is 0 Å². The van der Waals surface area contributed by atoms with Crippen LogP contribution in [0.5, 0.6) is 11.5 Å². The van der Waals surface area contributed by atoms with E-state index in [4.69, 9.17) is 9.47 Å². The van der Waals surface area contributed by atoms with Gasteiger partial charge in [-0.3, -0.25) is 0 Å². The molecule has 2 heterocycles. The van der Waals surface area contributed by atoms with E-state index in [1.807, 2.05) is 51.2 Å². The number of para-hydroxylation sites is 2. The zero-order chi connectivity index (χ0) is 14.8. The van der Waals surface area contributed by atoms with Crippen molar-refractivity contribution in [3.05, 3.63) is 41.9 Å². The first kappa shape index (κ1) is 13.7. The Morgan fingerprint density at radius 2 is 1.95 bits per heavy atom. The van der Waals surface area contributed by atoms with E-state index in [9.17, 15) is 0 Å². The lowest BCUT2D eigenvalue weighted by Crippen LogP contribution is -2.39. The molecule has 3 rings (SSSR count). The predicted molar refractivity (Wildman–Crippen MR) is 81.1 cm³/mol. The van der Waals surface area contributed by atoms with E-state index in [1.54, 1.807) is 0 Å². The topological polar surface area (TPSA) is 47.5 Å². The number of hydrogen-bond acceptors (Lipinski definition) is 5. The van der Waals surface area contributed by atoms with Crippen molar-refractivity contribution in [3.8, 4) is 11.5 Å². The minimum Gasteiger partial charge on any atom is -0.486 e. The highest BCUT2D eigenvalue weighted by Gasteiger charge is 2.22. The van der Waals surface area contributed by atoms with Crippen LogP contribution in [0.1, 0.15) is 11.5 Å². The molecule has 0 saturated carbocycles. The van der Waals surface area contributed by atoms with E-state index < -0.39 is 0 Å². The number of hydrogen-bond donors (Lipinski definition) is 0. The molecular weight excluding hydrogens is 266 g/mol. The van der Waals surface area contributed by atoms with Crippen LogP contribution in [0.25, 0.3) is 0 Å². The Balaban J connectivity index is 1.70. The standard InChI is InChI=1S/C16H19N3O2/c1-11-8-16(18-12(2)17-11)19(3)9-13-10-20-14-6-4-5-7-15(14)21-13/h4-8,13H,9-10H2,1-3H3/t13-/m1/s1. The number of anilines is 1. The Morgan fingerprint density at radius 1 is 1.19 bits per heavy atom. The minimum atomic E-state index is -0.0134. The van der Waals surface area contributed by atoms with Gasteiger partial charge in [-0.05, 0) is 26.0 Å². The van der Waals surface area contributed by atoms with Crippen molar-refractivity contribution in [2.75, 3.05) is 25.1 Å². The maximum absolute atomic E-state index is 5.97. The highest BCUT2D eigenvalue weighted by molar-refractivity contribution is 5.42. The molecule has 0 radical (unpaired) electrons. The van der Waals surface area contributed by atoms with Crippen molar-refractivity contribution < 1.29 is 9.47 Å². The number of ether oxygens (including phenoxy) is 2. The summed E-state index contributed by atoms with van der Waals surface area (Å²) in [4.78, 5) is 10.8. The van der Waals surface area contributed by atoms with Gasteiger partial charge in [0.1, 0.15) is 18.2 Å². The van der Waals surface area contributed by atoms with Crippen molar-refractivity contribution in [1.29, 1.82) is 0 Å². The summed E-state index contributed by atoms with van der Waals surface area (Å²) in [6.07, 6.45) is -0.0134. The summed E-state index contributed by atoms with van der Waals surface area (Å²) >= 11 is 0. The second-order valence-electron chi connectivity index (χ2n) is 5.29. The Hall–Kier alpha value is -2.30. The average Bonchev–Trinajstić information content (AvgIpc) is 2.46. The van der Waals surface area contributed by atoms with Crippen LogP contribution in [0.3, 0.4) is 0 Å². The normalized spacial score (nSPS) is 16.6. The van der Waals surface area contributed by atoms with Gasteiger partial charge in [-0.1, -0.05) is 12.1 Å². The van der Waals surface area contributed by atoms with Gasteiger partial charge in [-0.2, -0.15) is 0 Å². The summed E-state index contributed by atoms with van der Waals surface area (Å²) in [5.74, 6) is 3.30. The van der Waals surface area contributed by atoms with E-state index in [1.165, 1.54) is 0 Å². The van der Waals surface area contributed by atoms with Crippen molar-refractivity contribution in [1.82, 2.24) is 9.97 Å². The van der Waals surface area contributed by atoms with Crippen molar-refractivity contribution in [2.45, 2.75) is 20.0 Å². The number of nitrogens with zero attached hydrogens (tertiary/aromatic N) is 3. The van der Waals surface area contributed by atoms with Crippen molar-refractivity contribution in [3.63, 3.8) is 0 Å². The highest BCUT2D eigenvalue weighted by atomic mass is 16.6. The number of fused-ring (bicyclic) bond motifs is 1. The zero-order valence-electron chi connectivity index (χ0n) is 12.5. The molecule has 0 spiro atoms. The first-order valence-corrected chi connectivity index (χ1v) is 7.04. The molecule has 1 aliphatic heterocycles. The largest absolute Gasteiger partial charge is 0.486 e. The number of likely N-dealkylation sites (N-methyl/N-ethyl adjacent to an activating group) is 1. The molecule has 5 heteroatoms. The molecule has 1 aliphatic rings. The zero-order valence-corrected chi connectivity index (χ0v) is 12.5. The van der Waals surface area contributed by atoms with E-state index in [0.717, 1.165) is 28.8 Å². The summed E-state index contributed by atoms with van der Waals surface area (Å²) in [6, 6.07) is 9.73. The summed E-state index contributed by atoms with van der Waals surface area (Å²) < 4.78 is 11.7. The van der Waals surface area contributed by atoms with Gasteiger partial charge in [-0.15, -0.1) is 0 Å². The fourth-order valence-corrected chi connectivity index (χ4v) is 2.44. The molecule has 5 nitrogen and oxygen atoms in total. The Bertz CT molecular complexity index is 625. The van der Waals surface area contributed by atoms with Crippen LogP contribution in [0, 0.1) is 13.8 Å². The third-order valence-electron chi connectivity index (χ3n) is 3.39. The number of rotatable bonds is 3. The maximum Gasteiger partial charge on any atom is 0.161 e. The van der Waals surface area contributed by atoms with Crippen LogP contribution in [-0.4, -0.2) is 36.3 Å². The molecule has 1 aromatic heterocycles. The number of benzene rings is 1. The molecule has 0 N–H and O–H groups in total. The lowest BCUT2D eigenvalue weighted by atomic mass is 10.2. The summed E-state index contributed by atoms with van der Waals surface area (Å²) in [6.45, 7) is 5.14.